The number of nitrogens with two attached hydrogens (primary N) is 1. The SMILES string of the molecule is Cc1[nH]cc(N)c1C. The molecule has 0 atom stereocenters. The molecule has 3 N–H and O–H groups in total. The van der Waals surface area contributed by atoms with E-state index in [1.165, 1.54) is 0 Å². The summed E-state index contributed by atoms with van der Waals surface area (Å²) >= 11 is 0. The fourth-order valence-corrected chi connectivity index (χ4v) is 0.619. The molecule has 1 heterocycles. The zero-order valence-corrected chi connectivity index (χ0v) is 5.15. The number of nitrogens with one attached hydrogen (secondary N) is 1. The van der Waals surface area contributed by atoms with Crippen molar-refractivity contribution in [2.24, 2.45) is 0 Å². The van der Waals surface area contributed by atoms with E-state index in [2.05, 4.69) is 4.98 Å². The largest absolute Gasteiger partial charge is 0.397 e. The van der Waals surface area contributed by atoms with Gasteiger partial charge in [-0.2, -0.15) is 0 Å². The van der Waals surface area contributed by atoms with Crippen molar-refractivity contribution in [3.63, 3.8) is 0 Å². The lowest BCUT2D eigenvalue weighted by atomic mass is 10.3. The molecule has 1 aromatic rings. The predicted octanol–water partition coefficient (Wildman–Crippen LogP) is 1.21. The number of aryl methyl sites for hydroxylation is 1. The number of H-pyrrole nitrogens is 1. The molecular weight excluding hydrogens is 100 g/mol. The van der Waals surface area contributed by atoms with Gasteiger partial charge in [-0.3, -0.25) is 0 Å². The van der Waals surface area contributed by atoms with Crippen LogP contribution in [0.2, 0.25) is 0 Å². The van der Waals surface area contributed by atoms with Crippen molar-refractivity contribution < 1.29 is 0 Å². The van der Waals surface area contributed by atoms with E-state index in [4.69, 9.17) is 5.73 Å². The number of anilines is 1. The molecular formula is C6H10N2. The van der Waals surface area contributed by atoms with Gasteiger partial charge in [0.25, 0.3) is 0 Å². The molecule has 0 bridgehead atoms. The highest BCUT2D eigenvalue weighted by Gasteiger charge is 1.95. The van der Waals surface area contributed by atoms with E-state index < -0.39 is 0 Å². The Balaban J connectivity index is 3.19. The predicted molar refractivity (Wildman–Crippen MR) is 34.7 cm³/mol. The van der Waals surface area contributed by atoms with Crippen LogP contribution in [0.1, 0.15) is 11.3 Å². The van der Waals surface area contributed by atoms with E-state index in [-0.39, 0.29) is 0 Å². The van der Waals surface area contributed by atoms with Crippen molar-refractivity contribution in [2.75, 3.05) is 5.73 Å². The molecule has 0 saturated heterocycles. The molecule has 0 radical (unpaired) electrons. The fourth-order valence-electron chi connectivity index (χ4n) is 0.619. The summed E-state index contributed by atoms with van der Waals surface area (Å²) in [6, 6.07) is 0. The van der Waals surface area contributed by atoms with Crippen LogP contribution in [0.15, 0.2) is 6.20 Å². The smallest absolute Gasteiger partial charge is 0.0524 e. The molecule has 0 aromatic carbocycles. The lowest BCUT2D eigenvalue weighted by Crippen LogP contribution is -1.82. The van der Waals surface area contributed by atoms with Crippen molar-refractivity contribution in [1.82, 2.24) is 4.98 Å². The second kappa shape index (κ2) is 1.54. The molecule has 0 fully saturated rings. The molecule has 0 aliphatic carbocycles. The van der Waals surface area contributed by atoms with Crippen LogP contribution in [0, 0.1) is 13.8 Å². The maximum Gasteiger partial charge on any atom is 0.0524 e. The molecule has 0 unspecified atom stereocenters. The van der Waals surface area contributed by atoms with Crippen molar-refractivity contribution in [3.05, 3.63) is 17.5 Å². The van der Waals surface area contributed by atoms with Gasteiger partial charge in [0.1, 0.15) is 0 Å². The van der Waals surface area contributed by atoms with Gasteiger partial charge in [-0.15, -0.1) is 0 Å². The Morgan fingerprint density at radius 2 is 2.12 bits per heavy atom. The summed E-state index contributed by atoms with van der Waals surface area (Å²) in [7, 11) is 0. The van der Waals surface area contributed by atoms with Crippen molar-refractivity contribution in [1.29, 1.82) is 0 Å². The average Bonchev–Trinajstić information content (AvgIpc) is 1.98. The molecule has 1 rings (SSSR count). The Morgan fingerprint density at radius 3 is 2.25 bits per heavy atom. The van der Waals surface area contributed by atoms with E-state index in [0.29, 0.717) is 0 Å². The van der Waals surface area contributed by atoms with Crippen molar-refractivity contribution in [2.45, 2.75) is 13.8 Å². The minimum absolute atomic E-state index is 0.850. The lowest BCUT2D eigenvalue weighted by molar-refractivity contribution is 1.23. The van der Waals surface area contributed by atoms with E-state index in [1.807, 2.05) is 20.0 Å². The van der Waals surface area contributed by atoms with Gasteiger partial charge in [-0.05, 0) is 19.4 Å². The summed E-state index contributed by atoms with van der Waals surface area (Å²) < 4.78 is 0. The highest BCUT2D eigenvalue weighted by atomic mass is 14.7. The van der Waals surface area contributed by atoms with Gasteiger partial charge >= 0.3 is 0 Å². The summed E-state index contributed by atoms with van der Waals surface area (Å²) in [6.07, 6.45) is 1.81. The Bertz CT molecular complexity index is 169. The van der Waals surface area contributed by atoms with Gasteiger partial charge in [0.2, 0.25) is 0 Å². The van der Waals surface area contributed by atoms with Crippen molar-refractivity contribution in [3.8, 4) is 0 Å². The average molecular weight is 110 g/mol. The summed E-state index contributed by atoms with van der Waals surface area (Å²) in [5.74, 6) is 0. The molecule has 2 nitrogen and oxygen atoms in total. The second-order valence-corrected chi connectivity index (χ2v) is 1.99. The molecule has 8 heavy (non-hydrogen) atoms. The van der Waals surface area contributed by atoms with Crippen LogP contribution in [-0.4, -0.2) is 4.98 Å². The van der Waals surface area contributed by atoms with E-state index in [0.717, 1.165) is 16.9 Å². The lowest BCUT2D eigenvalue weighted by Gasteiger charge is -1.86. The molecule has 0 aliphatic rings. The molecule has 2 heteroatoms. The van der Waals surface area contributed by atoms with E-state index in [1.54, 1.807) is 0 Å². The quantitative estimate of drug-likeness (QED) is 0.518. The van der Waals surface area contributed by atoms with Gasteiger partial charge in [0.15, 0.2) is 0 Å². The highest BCUT2D eigenvalue weighted by Crippen LogP contribution is 2.11. The van der Waals surface area contributed by atoms with Gasteiger partial charge in [-0.1, -0.05) is 0 Å². The topological polar surface area (TPSA) is 41.8 Å². The zero-order chi connectivity index (χ0) is 6.15. The minimum Gasteiger partial charge on any atom is -0.397 e. The van der Waals surface area contributed by atoms with Gasteiger partial charge < -0.3 is 10.7 Å². The normalized spacial score (nSPS) is 9.75. The maximum atomic E-state index is 5.51. The third-order valence-corrected chi connectivity index (χ3v) is 1.44. The molecule has 0 amide bonds. The molecule has 0 saturated carbocycles. The Hall–Kier alpha value is -0.920. The maximum absolute atomic E-state index is 5.51. The first-order chi connectivity index (χ1) is 3.72. The molecule has 0 spiro atoms. The van der Waals surface area contributed by atoms with E-state index >= 15 is 0 Å². The number of nitrogen functional groups attached to an aromatic ring is 1. The Morgan fingerprint density at radius 1 is 1.50 bits per heavy atom. The molecule has 0 aliphatic heterocycles. The van der Waals surface area contributed by atoms with Crippen LogP contribution in [0.25, 0.3) is 0 Å². The second-order valence-electron chi connectivity index (χ2n) is 1.99. The Kier molecular flexibility index (Phi) is 1.01. The van der Waals surface area contributed by atoms with Gasteiger partial charge in [0.05, 0.1) is 5.69 Å². The van der Waals surface area contributed by atoms with E-state index in [9.17, 15) is 0 Å². The van der Waals surface area contributed by atoms with Gasteiger partial charge in [-0.25, -0.2) is 0 Å². The number of aromatic nitrogens is 1. The first-order valence-electron chi connectivity index (χ1n) is 2.62. The minimum atomic E-state index is 0.850. The number of hydrogen-bond acceptors (Lipinski definition) is 1. The van der Waals surface area contributed by atoms with Crippen LogP contribution >= 0.6 is 0 Å². The zero-order valence-electron chi connectivity index (χ0n) is 5.15. The Labute approximate surface area is 48.7 Å². The summed E-state index contributed by atoms with van der Waals surface area (Å²) in [4.78, 5) is 3.01. The third kappa shape index (κ3) is 0.579. The van der Waals surface area contributed by atoms with Crippen LogP contribution in [0.3, 0.4) is 0 Å². The molecule has 44 valence electrons. The van der Waals surface area contributed by atoms with Crippen LogP contribution < -0.4 is 5.73 Å². The number of aromatic amines is 1. The van der Waals surface area contributed by atoms with Crippen LogP contribution in [-0.2, 0) is 0 Å². The first-order valence-corrected chi connectivity index (χ1v) is 2.62. The number of rotatable bonds is 0. The van der Waals surface area contributed by atoms with Crippen molar-refractivity contribution >= 4 is 5.69 Å². The summed E-state index contributed by atoms with van der Waals surface area (Å²) in [6.45, 7) is 4.01. The van der Waals surface area contributed by atoms with Crippen LogP contribution in [0.5, 0.6) is 0 Å². The third-order valence-electron chi connectivity index (χ3n) is 1.44. The number of hydrogen-bond donors (Lipinski definition) is 2. The summed E-state index contributed by atoms with van der Waals surface area (Å²) in [5, 5.41) is 0. The van der Waals surface area contributed by atoms with Gasteiger partial charge in [0, 0.05) is 11.9 Å². The highest BCUT2D eigenvalue weighted by molar-refractivity contribution is 5.46. The van der Waals surface area contributed by atoms with Crippen LogP contribution in [0.4, 0.5) is 5.69 Å². The standard InChI is InChI=1S/C6H10N2/c1-4-5(2)8-3-6(4)7/h3,8H,7H2,1-2H3. The molecule has 1 aromatic heterocycles. The summed E-state index contributed by atoms with van der Waals surface area (Å²) in [5.41, 5.74) is 8.67. The fraction of sp³-hybridized carbons (Fsp3) is 0.333. The monoisotopic (exact) mass is 110 g/mol. The first kappa shape index (κ1) is 5.22.